The smallest absolute Gasteiger partial charge is 0.234 e. The van der Waals surface area contributed by atoms with Crippen molar-refractivity contribution >= 4 is 35.0 Å². The molecule has 0 bridgehead atoms. The van der Waals surface area contributed by atoms with Gasteiger partial charge in [-0.3, -0.25) is 9.36 Å². The fourth-order valence-electron chi connectivity index (χ4n) is 3.94. The summed E-state index contributed by atoms with van der Waals surface area (Å²) in [5.41, 5.74) is 4.78. The quantitative estimate of drug-likeness (QED) is 0.230. The Balaban J connectivity index is 1.36. The molecule has 1 aromatic heterocycles. The first-order valence-corrected chi connectivity index (χ1v) is 12.8. The molecule has 36 heavy (non-hydrogen) atoms. The average molecular weight is 511 g/mol. The second-order valence-electron chi connectivity index (χ2n) is 8.12. The predicted molar refractivity (Wildman–Crippen MR) is 147 cm³/mol. The largest absolute Gasteiger partial charge is 0.325 e. The Labute approximate surface area is 219 Å². The molecule has 0 aliphatic rings. The van der Waals surface area contributed by atoms with Crippen molar-refractivity contribution in [3.63, 3.8) is 0 Å². The van der Waals surface area contributed by atoms with Gasteiger partial charge >= 0.3 is 0 Å². The van der Waals surface area contributed by atoms with E-state index in [1.165, 1.54) is 11.8 Å². The van der Waals surface area contributed by atoms with Crippen molar-refractivity contribution in [1.29, 1.82) is 0 Å². The van der Waals surface area contributed by atoms with Gasteiger partial charge in [0.15, 0.2) is 5.16 Å². The molecule has 5 rings (SSSR count). The second-order valence-corrected chi connectivity index (χ2v) is 9.50. The van der Waals surface area contributed by atoms with E-state index in [-0.39, 0.29) is 11.7 Å². The number of halogens is 1. The number of anilines is 1. The fourth-order valence-corrected chi connectivity index (χ4v) is 4.89. The Hall–Kier alpha value is -3.87. The Morgan fingerprint density at radius 2 is 1.56 bits per heavy atom. The number of aromatic nitrogens is 3. The van der Waals surface area contributed by atoms with Crippen molar-refractivity contribution in [3.8, 4) is 16.8 Å². The molecule has 4 aromatic carbocycles. The zero-order chi connectivity index (χ0) is 24.7. The van der Waals surface area contributed by atoms with Crippen LogP contribution in [0.15, 0.2) is 114 Å². The molecule has 1 amide bonds. The van der Waals surface area contributed by atoms with E-state index in [1.807, 2.05) is 102 Å². The van der Waals surface area contributed by atoms with Gasteiger partial charge in [-0.1, -0.05) is 108 Å². The SMILES string of the molecule is O=C(CSc1nnc(Cc2ccccc2)n1-c1cccc(Cl)c1)Nc1ccccc1-c1ccccc1. The molecule has 0 fully saturated rings. The molecular formula is C29H23ClN4OS. The summed E-state index contributed by atoms with van der Waals surface area (Å²) >= 11 is 7.63. The number of carbonyl (C=O) groups excluding carboxylic acids is 1. The molecule has 0 radical (unpaired) electrons. The molecule has 0 atom stereocenters. The van der Waals surface area contributed by atoms with Crippen molar-refractivity contribution < 1.29 is 4.79 Å². The third-order valence-electron chi connectivity index (χ3n) is 5.59. The van der Waals surface area contributed by atoms with E-state index < -0.39 is 0 Å². The van der Waals surface area contributed by atoms with E-state index in [2.05, 4.69) is 27.6 Å². The van der Waals surface area contributed by atoms with Crippen LogP contribution in [0, 0.1) is 0 Å². The van der Waals surface area contributed by atoms with E-state index in [0.717, 1.165) is 33.9 Å². The van der Waals surface area contributed by atoms with Crippen LogP contribution in [0.3, 0.4) is 0 Å². The number of nitrogens with zero attached hydrogens (tertiary/aromatic N) is 3. The van der Waals surface area contributed by atoms with Crippen LogP contribution in [0.2, 0.25) is 5.02 Å². The minimum absolute atomic E-state index is 0.117. The van der Waals surface area contributed by atoms with Crippen molar-refractivity contribution in [2.45, 2.75) is 11.6 Å². The molecule has 0 saturated carbocycles. The average Bonchev–Trinajstić information content (AvgIpc) is 3.31. The summed E-state index contributed by atoms with van der Waals surface area (Å²) < 4.78 is 1.97. The number of carbonyl (C=O) groups is 1. The van der Waals surface area contributed by atoms with E-state index in [4.69, 9.17) is 11.6 Å². The Kier molecular flexibility index (Phi) is 7.45. The lowest BCUT2D eigenvalue weighted by Crippen LogP contribution is -2.15. The molecule has 1 heterocycles. The molecule has 0 saturated heterocycles. The van der Waals surface area contributed by atoms with Crippen LogP contribution < -0.4 is 5.32 Å². The molecule has 178 valence electrons. The van der Waals surface area contributed by atoms with Gasteiger partial charge in [0.05, 0.1) is 11.4 Å². The maximum atomic E-state index is 13.0. The van der Waals surface area contributed by atoms with Gasteiger partial charge in [0.2, 0.25) is 5.91 Å². The fraction of sp³-hybridized carbons (Fsp3) is 0.0690. The predicted octanol–water partition coefficient (Wildman–Crippen LogP) is 6.91. The number of amides is 1. The minimum Gasteiger partial charge on any atom is -0.325 e. The second kappa shape index (κ2) is 11.2. The number of para-hydroxylation sites is 1. The van der Waals surface area contributed by atoms with Crippen LogP contribution in [0.1, 0.15) is 11.4 Å². The third-order valence-corrected chi connectivity index (χ3v) is 6.75. The van der Waals surface area contributed by atoms with Crippen molar-refractivity contribution in [1.82, 2.24) is 14.8 Å². The highest BCUT2D eigenvalue weighted by Gasteiger charge is 2.17. The number of benzene rings is 4. The summed E-state index contributed by atoms with van der Waals surface area (Å²) in [6.07, 6.45) is 0.609. The van der Waals surface area contributed by atoms with E-state index in [9.17, 15) is 4.79 Å². The number of hydrogen-bond acceptors (Lipinski definition) is 4. The Bertz CT molecular complexity index is 1470. The van der Waals surface area contributed by atoms with Gasteiger partial charge in [0.25, 0.3) is 0 Å². The molecule has 7 heteroatoms. The summed E-state index contributed by atoms with van der Waals surface area (Å²) in [4.78, 5) is 13.0. The van der Waals surface area contributed by atoms with Gasteiger partial charge in [-0.2, -0.15) is 0 Å². The van der Waals surface area contributed by atoms with E-state index in [1.54, 1.807) is 0 Å². The van der Waals surface area contributed by atoms with Crippen LogP contribution in [0.4, 0.5) is 5.69 Å². The lowest BCUT2D eigenvalue weighted by molar-refractivity contribution is -0.113. The highest BCUT2D eigenvalue weighted by molar-refractivity contribution is 7.99. The Morgan fingerprint density at radius 3 is 2.33 bits per heavy atom. The standard InChI is InChI=1S/C29H23ClN4OS/c30-23-14-9-15-24(19-23)34-27(18-21-10-3-1-4-11-21)32-33-29(34)36-20-28(35)31-26-17-8-7-16-25(26)22-12-5-2-6-13-22/h1-17,19H,18,20H2,(H,31,35). The van der Waals surface area contributed by atoms with Gasteiger partial charge in [-0.15, -0.1) is 10.2 Å². The summed E-state index contributed by atoms with van der Waals surface area (Å²) in [7, 11) is 0. The molecule has 1 N–H and O–H groups in total. The molecule has 0 spiro atoms. The first kappa shape index (κ1) is 23.9. The minimum atomic E-state index is -0.117. The maximum absolute atomic E-state index is 13.0. The normalized spacial score (nSPS) is 10.8. The summed E-state index contributed by atoms with van der Waals surface area (Å²) in [5, 5.41) is 13.2. The van der Waals surface area contributed by atoms with Crippen LogP contribution >= 0.6 is 23.4 Å². The summed E-state index contributed by atoms with van der Waals surface area (Å²) in [6, 6.07) is 35.5. The molecule has 5 nitrogen and oxygen atoms in total. The Morgan fingerprint density at radius 1 is 0.833 bits per heavy atom. The van der Waals surface area contributed by atoms with Gasteiger partial charge in [-0.05, 0) is 35.4 Å². The first-order chi connectivity index (χ1) is 17.7. The highest BCUT2D eigenvalue weighted by Crippen LogP contribution is 2.29. The molecule has 0 aliphatic carbocycles. The van der Waals surface area contributed by atoms with Crippen LogP contribution in [0.5, 0.6) is 0 Å². The first-order valence-electron chi connectivity index (χ1n) is 11.5. The zero-order valence-corrected chi connectivity index (χ0v) is 20.9. The number of rotatable bonds is 8. The maximum Gasteiger partial charge on any atom is 0.234 e. The van der Waals surface area contributed by atoms with E-state index in [0.29, 0.717) is 16.6 Å². The summed E-state index contributed by atoms with van der Waals surface area (Å²) in [5.74, 6) is 0.849. The molecule has 0 unspecified atom stereocenters. The van der Waals surface area contributed by atoms with Crippen LogP contribution in [-0.2, 0) is 11.2 Å². The molecular weight excluding hydrogens is 488 g/mol. The van der Waals surface area contributed by atoms with Crippen LogP contribution in [-0.4, -0.2) is 26.4 Å². The van der Waals surface area contributed by atoms with Crippen molar-refractivity contribution in [2.24, 2.45) is 0 Å². The lowest BCUT2D eigenvalue weighted by atomic mass is 10.0. The summed E-state index contributed by atoms with van der Waals surface area (Å²) in [6.45, 7) is 0. The molecule has 0 aliphatic heterocycles. The van der Waals surface area contributed by atoms with Gasteiger partial charge < -0.3 is 5.32 Å². The van der Waals surface area contributed by atoms with Gasteiger partial charge in [0.1, 0.15) is 5.82 Å². The number of nitrogens with one attached hydrogen (secondary N) is 1. The van der Waals surface area contributed by atoms with Crippen LogP contribution in [0.25, 0.3) is 16.8 Å². The number of thioether (sulfide) groups is 1. The zero-order valence-electron chi connectivity index (χ0n) is 19.3. The number of hydrogen-bond donors (Lipinski definition) is 1. The topological polar surface area (TPSA) is 59.8 Å². The van der Waals surface area contributed by atoms with Gasteiger partial charge in [-0.25, -0.2) is 0 Å². The molecule has 5 aromatic rings. The van der Waals surface area contributed by atoms with Crippen molar-refractivity contribution in [3.05, 3.63) is 126 Å². The van der Waals surface area contributed by atoms with Crippen molar-refractivity contribution in [2.75, 3.05) is 11.1 Å². The monoisotopic (exact) mass is 510 g/mol. The third kappa shape index (κ3) is 5.67. The lowest BCUT2D eigenvalue weighted by Gasteiger charge is -2.12. The highest BCUT2D eigenvalue weighted by atomic mass is 35.5. The van der Waals surface area contributed by atoms with E-state index >= 15 is 0 Å². The van der Waals surface area contributed by atoms with Gasteiger partial charge in [0, 0.05) is 22.7 Å².